The summed E-state index contributed by atoms with van der Waals surface area (Å²) in [4.78, 5) is 26.7. The predicted octanol–water partition coefficient (Wildman–Crippen LogP) is 2.24. The second kappa shape index (κ2) is 8.49. The van der Waals surface area contributed by atoms with Crippen molar-refractivity contribution in [2.24, 2.45) is 0 Å². The van der Waals surface area contributed by atoms with Crippen LogP contribution in [0.25, 0.3) is 0 Å². The Labute approximate surface area is 153 Å². The van der Waals surface area contributed by atoms with Gasteiger partial charge in [-0.25, -0.2) is 9.18 Å². The number of halogens is 1. The summed E-state index contributed by atoms with van der Waals surface area (Å²) in [5, 5.41) is 12.3. The van der Waals surface area contributed by atoms with Crippen LogP contribution < -0.4 is 5.32 Å². The Hall–Kier alpha value is -2.15. The van der Waals surface area contributed by atoms with Crippen LogP contribution in [0.1, 0.15) is 39.2 Å². The number of benzene rings is 1. The van der Waals surface area contributed by atoms with Gasteiger partial charge < -0.3 is 20.1 Å². The van der Waals surface area contributed by atoms with Crippen molar-refractivity contribution in [1.82, 2.24) is 10.2 Å². The highest BCUT2D eigenvalue weighted by Crippen LogP contribution is 2.15. The van der Waals surface area contributed by atoms with Crippen LogP contribution in [-0.2, 0) is 16.0 Å². The summed E-state index contributed by atoms with van der Waals surface area (Å²) in [6.45, 7) is 6.12. The molecule has 7 heteroatoms. The van der Waals surface area contributed by atoms with E-state index in [-0.39, 0.29) is 18.1 Å². The molecule has 1 aromatic rings. The molecule has 1 atom stereocenters. The molecule has 2 N–H and O–H groups in total. The smallest absolute Gasteiger partial charge is 0.408 e. The number of hydrogen-bond acceptors (Lipinski definition) is 4. The standard InChI is InChI=1S/C19H27FN2O4/c1-19(2,3)26-18(25)21-16(12-13-4-6-14(20)7-5-13)17(24)22-10-8-15(23)9-11-22/h4-7,15-16,23H,8-12H2,1-3H3,(H,21,25)/t16-/m0/s1. The van der Waals surface area contributed by atoms with Gasteiger partial charge in [-0.1, -0.05) is 12.1 Å². The highest BCUT2D eigenvalue weighted by molar-refractivity contribution is 5.86. The largest absolute Gasteiger partial charge is 0.444 e. The third kappa shape index (κ3) is 6.29. The number of aliphatic hydroxyl groups excluding tert-OH is 1. The SMILES string of the molecule is CC(C)(C)OC(=O)N[C@@H](Cc1ccc(F)cc1)C(=O)N1CCC(O)CC1. The lowest BCUT2D eigenvalue weighted by atomic mass is 10.0. The summed E-state index contributed by atoms with van der Waals surface area (Å²) in [7, 11) is 0. The zero-order valence-corrected chi connectivity index (χ0v) is 15.5. The quantitative estimate of drug-likeness (QED) is 0.857. The first kappa shape index (κ1) is 20.2. The highest BCUT2D eigenvalue weighted by Gasteiger charge is 2.30. The molecule has 0 bridgehead atoms. The van der Waals surface area contributed by atoms with Gasteiger partial charge in [0.05, 0.1) is 6.10 Å². The van der Waals surface area contributed by atoms with Gasteiger partial charge >= 0.3 is 6.09 Å². The van der Waals surface area contributed by atoms with Gasteiger partial charge in [-0.2, -0.15) is 0 Å². The molecule has 1 fully saturated rings. The summed E-state index contributed by atoms with van der Waals surface area (Å²) in [5.41, 5.74) is 0.0563. The fourth-order valence-corrected chi connectivity index (χ4v) is 2.81. The van der Waals surface area contributed by atoms with Gasteiger partial charge in [-0.15, -0.1) is 0 Å². The molecule has 0 unspecified atom stereocenters. The van der Waals surface area contributed by atoms with Crippen LogP contribution in [0.2, 0.25) is 0 Å². The number of likely N-dealkylation sites (tertiary alicyclic amines) is 1. The maximum Gasteiger partial charge on any atom is 0.408 e. The number of alkyl carbamates (subject to hydrolysis) is 1. The average Bonchev–Trinajstić information content (AvgIpc) is 2.54. The Kier molecular flexibility index (Phi) is 6.58. The van der Waals surface area contributed by atoms with Gasteiger partial charge in [0.25, 0.3) is 0 Å². The molecule has 1 aromatic carbocycles. The minimum absolute atomic E-state index is 0.230. The molecule has 0 aromatic heterocycles. The molecule has 144 valence electrons. The number of carbonyl (C=O) groups is 2. The minimum atomic E-state index is -0.814. The molecule has 0 aliphatic carbocycles. The van der Waals surface area contributed by atoms with Crippen molar-refractivity contribution in [3.05, 3.63) is 35.6 Å². The number of nitrogens with zero attached hydrogens (tertiary/aromatic N) is 1. The molecule has 0 spiro atoms. The average molecular weight is 366 g/mol. The van der Waals surface area contributed by atoms with E-state index < -0.39 is 23.8 Å². The summed E-state index contributed by atoms with van der Waals surface area (Å²) in [6.07, 6.45) is 0.198. The summed E-state index contributed by atoms with van der Waals surface area (Å²) in [5.74, 6) is -0.589. The van der Waals surface area contributed by atoms with E-state index in [9.17, 15) is 19.1 Å². The third-order valence-corrected chi connectivity index (χ3v) is 4.12. The molecule has 1 aliphatic rings. The topological polar surface area (TPSA) is 78.9 Å². The van der Waals surface area contributed by atoms with Crippen molar-refractivity contribution in [3.63, 3.8) is 0 Å². The molecular weight excluding hydrogens is 339 g/mol. The van der Waals surface area contributed by atoms with Crippen LogP contribution in [0.3, 0.4) is 0 Å². The van der Waals surface area contributed by atoms with Gasteiger partial charge in [0.1, 0.15) is 17.5 Å². The van der Waals surface area contributed by atoms with Crippen molar-refractivity contribution in [3.8, 4) is 0 Å². The van der Waals surface area contributed by atoms with E-state index in [4.69, 9.17) is 4.74 Å². The monoisotopic (exact) mass is 366 g/mol. The van der Waals surface area contributed by atoms with Crippen LogP contribution >= 0.6 is 0 Å². The maximum absolute atomic E-state index is 13.1. The van der Waals surface area contributed by atoms with E-state index >= 15 is 0 Å². The molecule has 2 amide bonds. The lowest BCUT2D eigenvalue weighted by molar-refractivity contribution is -0.135. The number of amides is 2. The van der Waals surface area contributed by atoms with Gasteiger partial charge in [0.15, 0.2) is 0 Å². The molecule has 0 radical (unpaired) electrons. The predicted molar refractivity (Wildman–Crippen MR) is 95.1 cm³/mol. The third-order valence-electron chi connectivity index (χ3n) is 4.12. The molecule has 26 heavy (non-hydrogen) atoms. The fraction of sp³-hybridized carbons (Fsp3) is 0.579. The number of nitrogens with one attached hydrogen (secondary N) is 1. The van der Waals surface area contributed by atoms with Crippen LogP contribution in [-0.4, -0.2) is 52.8 Å². The van der Waals surface area contributed by atoms with E-state index in [0.717, 1.165) is 5.56 Å². The fourth-order valence-electron chi connectivity index (χ4n) is 2.81. The van der Waals surface area contributed by atoms with Crippen molar-refractivity contribution in [1.29, 1.82) is 0 Å². The second-order valence-corrected chi connectivity index (χ2v) is 7.59. The number of aliphatic hydroxyl groups is 1. The first-order chi connectivity index (χ1) is 12.1. The summed E-state index contributed by atoms with van der Waals surface area (Å²) in [6, 6.07) is 5.01. The number of ether oxygens (including phenoxy) is 1. The summed E-state index contributed by atoms with van der Waals surface area (Å²) < 4.78 is 18.4. The van der Waals surface area contributed by atoms with E-state index in [1.54, 1.807) is 37.8 Å². The van der Waals surface area contributed by atoms with Crippen LogP contribution in [0.4, 0.5) is 9.18 Å². The second-order valence-electron chi connectivity index (χ2n) is 7.59. The molecule has 0 saturated carbocycles. The minimum Gasteiger partial charge on any atom is -0.444 e. The molecule has 2 rings (SSSR count). The van der Waals surface area contributed by atoms with E-state index in [2.05, 4.69) is 5.32 Å². The van der Waals surface area contributed by atoms with E-state index in [1.807, 2.05) is 0 Å². The summed E-state index contributed by atoms with van der Waals surface area (Å²) >= 11 is 0. The van der Waals surface area contributed by atoms with Crippen molar-refractivity contribution in [2.45, 2.75) is 57.8 Å². The number of piperidine rings is 1. The van der Waals surface area contributed by atoms with Crippen molar-refractivity contribution in [2.75, 3.05) is 13.1 Å². The zero-order chi connectivity index (χ0) is 19.3. The van der Waals surface area contributed by atoms with Gasteiger partial charge in [0, 0.05) is 19.5 Å². The van der Waals surface area contributed by atoms with Crippen molar-refractivity contribution < 1.29 is 23.8 Å². The molecule has 1 saturated heterocycles. The van der Waals surface area contributed by atoms with Crippen LogP contribution in [0, 0.1) is 5.82 Å². The van der Waals surface area contributed by atoms with E-state index in [1.165, 1.54) is 12.1 Å². The highest BCUT2D eigenvalue weighted by atomic mass is 19.1. The van der Waals surface area contributed by atoms with Crippen molar-refractivity contribution >= 4 is 12.0 Å². The van der Waals surface area contributed by atoms with Gasteiger partial charge in [-0.05, 0) is 51.3 Å². The Morgan fingerprint density at radius 1 is 1.27 bits per heavy atom. The Morgan fingerprint density at radius 3 is 2.38 bits per heavy atom. The Morgan fingerprint density at radius 2 is 1.85 bits per heavy atom. The molecular formula is C19H27FN2O4. The van der Waals surface area contributed by atoms with Crippen LogP contribution in [0.5, 0.6) is 0 Å². The Balaban J connectivity index is 2.10. The van der Waals surface area contributed by atoms with Crippen LogP contribution in [0.15, 0.2) is 24.3 Å². The number of carbonyl (C=O) groups excluding carboxylic acids is 2. The van der Waals surface area contributed by atoms with Gasteiger partial charge in [-0.3, -0.25) is 4.79 Å². The molecule has 6 nitrogen and oxygen atoms in total. The van der Waals surface area contributed by atoms with E-state index in [0.29, 0.717) is 25.9 Å². The number of rotatable bonds is 4. The Bertz CT molecular complexity index is 619. The normalized spacial score (nSPS) is 16.9. The van der Waals surface area contributed by atoms with Gasteiger partial charge in [0.2, 0.25) is 5.91 Å². The first-order valence-corrected chi connectivity index (χ1v) is 8.85. The maximum atomic E-state index is 13.1. The number of hydrogen-bond donors (Lipinski definition) is 2. The first-order valence-electron chi connectivity index (χ1n) is 8.85. The lowest BCUT2D eigenvalue weighted by Gasteiger charge is -2.33. The lowest BCUT2D eigenvalue weighted by Crippen LogP contribution is -2.52. The molecule has 1 heterocycles. The molecule has 1 aliphatic heterocycles. The zero-order valence-electron chi connectivity index (χ0n) is 15.5.